The maximum atomic E-state index is 13.1. The number of ketones is 1. The minimum atomic E-state index is -0.661. The molecule has 2 aliphatic rings. The molecule has 7 heteroatoms. The SMILES string of the molecule is CC(C)Oc1ccc(C(O)=C2C(=O)C(=O)N(CCN3CCOCC3)C2c2ccccc2)cc1. The Morgan fingerprint density at radius 2 is 1.70 bits per heavy atom. The highest BCUT2D eigenvalue weighted by atomic mass is 16.5. The highest BCUT2D eigenvalue weighted by Gasteiger charge is 2.45. The zero-order valence-electron chi connectivity index (χ0n) is 19.1. The van der Waals surface area contributed by atoms with E-state index in [2.05, 4.69) is 4.90 Å². The zero-order chi connectivity index (χ0) is 23.4. The Kier molecular flexibility index (Phi) is 7.11. The summed E-state index contributed by atoms with van der Waals surface area (Å²) in [7, 11) is 0. The lowest BCUT2D eigenvalue weighted by molar-refractivity contribution is -0.140. The summed E-state index contributed by atoms with van der Waals surface area (Å²) in [6, 6.07) is 15.7. The molecule has 2 saturated heterocycles. The van der Waals surface area contributed by atoms with Crippen LogP contribution in [0.5, 0.6) is 5.75 Å². The Bertz CT molecular complexity index is 1010. The number of nitrogens with zero attached hydrogens (tertiary/aromatic N) is 2. The Balaban J connectivity index is 1.67. The maximum absolute atomic E-state index is 13.1. The number of hydrogen-bond donors (Lipinski definition) is 1. The van der Waals surface area contributed by atoms with E-state index in [-0.39, 0.29) is 17.4 Å². The van der Waals surface area contributed by atoms with Crippen LogP contribution in [0.4, 0.5) is 0 Å². The number of benzene rings is 2. The van der Waals surface area contributed by atoms with Gasteiger partial charge >= 0.3 is 0 Å². The minimum absolute atomic E-state index is 0.0271. The molecular weight excluding hydrogens is 420 g/mol. The van der Waals surface area contributed by atoms with E-state index in [4.69, 9.17) is 9.47 Å². The van der Waals surface area contributed by atoms with E-state index >= 15 is 0 Å². The molecule has 0 bridgehead atoms. The quantitative estimate of drug-likeness (QED) is 0.396. The summed E-state index contributed by atoms with van der Waals surface area (Å²) >= 11 is 0. The van der Waals surface area contributed by atoms with Gasteiger partial charge in [0.1, 0.15) is 11.5 Å². The molecular formula is C26H30N2O5. The monoisotopic (exact) mass is 450 g/mol. The van der Waals surface area contributed by atoms with E-state index in [0.29, 0.717) is 37.6 Å². The van der Waals surface area contributed by atoms with Gasteiger partial charge < -0.3 is 19.5 Å². The summed E-state index contributed by atoms with van der Waals surface area (Å²) in [4.78, 5) is 30.0. The number of morpholine rings is 1. The molecule has 1 unspecified atom stereocenters. The molecule has 2 aromatic carbocycles. The average Bonchev–Trinajstić information content (AvgIpc) is 3.08. The van der Waals surface area contributed by atoms with Crippen molar-refractivity contribution in [2.45, 2.75) is 26.0 Å². The largest absolute Gasteiger partial charge is 0.507 e. The number of likely N-dealkylation sites (tertiary alicyclic amines) is 1. The van der Waals surface area contributed by atoms with Gasteiger partial charge in [-0.15, -0.1) is 0 Å². The lowest BCUT2D eigenvalue weighted by Gasteiger charge is -2.31. The molecule has 2 heterocycles. The van der Waals surface area contributed by atoms with Gasteiger partial charge in [-0.25, -0.2) is 0 Å². The smallest absolute Gasteiger partial charge is 0.295 e. The third-order valence-corrected chi connectivity index (χ3v) is 5.92. The maximum Gasteiger partial charge on any atom is 0.295 e. The molecule has 174 valence electrons. The fourth-order valence-corrected chi connectivity index (χ4v) is 4.29. The molecule has 0 aromatic heterocycles. The van der Waals surface area contributed by atoms with E-state index in [0.717, 1.165) is 18.7 Å². The highest BCUT2D eigenvalue weighted by molar-refractivity contribution is 6.46. The van der Waals surface area contributed by atoms with Crippen LogP contribution in [0.1, 0.15) is 31.0 Å². The van der Waals surface area contributed by atoms with Crippen molar-refractivity contribution in [1.29, 1.82) is 0 Å². The van der Waals surface area contributed by atoms with Crippen LogP contribution in [0.3, 0.4) is 0 Å². The molecule has 1 N–H and O–H groups in total. The normalized spacial score (nSPS) is 21.1. The third kappa shape index (κ3) is 5.10. The Morgan fingerprint density at radius 1 is 1.03 bits per heavy atom. The molecule has 0 spiro atoms. The second kappa shape index (κ2) is 10.2. The average molecular weight is 451 g/mol. The van der Waals surface area contributed by atoms with E-state index in [1.807, 2.05) is 44.2 Å². The fourth-order valence-electron chi connectivity index (χ4n) is 4.29. The van der Waals surface area contributed by atoms with Gasteiger partial charge in [-0.3, -0.25) is 14.5 Å². The zero-order valence-corrected chi connectivity index (χ0v) is 19.1. The first-order chi connectivity index (χ1) is 16.0. The van der Waals surface area contributed by atoms with Gasteiger partial charge in [0.2, 0.25) is 0 Å². The summed E-state index contributed by atoms with van der Waals surface area (Å²) in [6.45, 7) is 7.83. The second-order valence-corrected chi connectivity index (χ2v) is 8.55. The number of amides is 1. The first-order valence-electron chi connectivity index (χ1n) is 11.4. The molecule has 7 nitrogen and oxygen atoms in total. The van der Waals surface area contributed by atoms with Gasteiger partial charge in [0.15, 0.2) is 0 Å². The second-order valence-electron chi connectivity index (χ2n) is 8.55. The molecule has 33 heavy (non-hydrogen) atoms. The number of carbonyl (C=O) groups is 2. The molecule has 0 radical (unpaired) electrons. The predicted octanol–water partition coefficient (Wildman–Crippen LogP) is 3.23. The van der Waals surface area contributed by atoms with Gasteiger partial charge in [-0.05, 0) is 43.7 Å². The predicted molar refractivity (Wildman–Crippen MR) is 125 cm³/mol. The molecule has 1 amide bonds. The Hall–Kier alpha value is -3.16. The van der Waals surface area contributed by atoms with Crippen LogP contribution >= 0.6 is 0 Å². The van der Waals surface area contributed by atoms with E-state index in [1.165, 1.54) is 0 Å². The Labute approximate surface area is 194 Å². The van der Waals surface area contributed by atoms with Crippen LogP contribution in [-0.2, 0) is 14.3 Å². The molecule has 4 rings (SSSR count). The lowest BCUT2D eigenvalue weighted by Crippen LogP contribution is -2.42. The third-order valence-electron chi connectivity index (χ3n) is 5.92. The van der Waals surface area contributed by atoms with E-state index < -0.39 is 17.7 Å². The van der Waals surface area contributed by atoms with E-state index in [1.54, 1.807) is 29.2 Å². The van der Waals surface area contributed by atoms with Crippen molar-refractivity contribution in [1.82, 2.24) is 9.80 Å². The summed E-state index contributed by atoms with van der Waals surface area (Å²) in [5.41, 5.74) is 1.38. The van der Waals surface area contributed by atoms with Crippen LogP contribution in [0.15, 0.2) is 60.2 Å². The molecule has 0 aliphatic carbocycles. The van der Waals surface area contributed by atoms with Crippen LogP contribution in [0.2, 0.25) is 0 Å². The van der Waals surface area contributed by atoms with Crippen molar-refractivity contribution in [2.75, 3.05) is 39.4 Å². The van der Waals surface area contributed by atoms with E-state index in [9.17, 15) is 14.7 Å². The summed E-state index contributed by atoms with van der Waals surface area (Å²) in [6.07, 6.45) is 0.0271. The number of carbonyl (C=O) groups excluding carboxylic acids is 2. The standard InChI is InChI=1S/C26H30N2O5/c1-18(2)33-21-10-8-20(9-11-21)24(29)22-23(19-6-4-3-5-7-19)28(26(31)25(22)30)13-12-27-14-16-32-17-15-27/h3-11,18,23,29H,12-17H2,1-2H3. The van der Waals surface area contributed by atoms with Crippen LogP contribution in [-0.4, -0.2) is 72.1 Å². The van der Waals surface area contributed by atoms with Crippen molar-refractivity contribution in [3.63, 3.8) is 0 Å². The first-order valence-corrected chi connectivity index (χ1v) is 11.4. The van der Waals surface area contributed by atoms with Gasteiger partial charge in [0.05, 0.1) is 30.9 Å². The number of aliphatic hydroxyl groups is 1. The van der Waals surface area contributed by atoms with Gasteiger partial charge in [-0.1, -0.05) is 30.3 Å². The molecule has 1 atom stereocenters. The van der Waals surface area contributed by atoms with Crippen molar-refractivity contribution in [3.8, 4) is 5.75 Å². The van der Waals surface area contributed by atoms with Crippen LogP contribution < -0.4 is 4.74 Å². The van der Waals surface area contributed by atoms with Crippen LogP contribution in [0, 0.1) is 0 Å². The molecule has 2 fully saturated rings. The lowest BCUT2D eigenvalue weighted by atomic mass is 9.95. The number of rotatable bonds is 7. The number of hydrogen-bond acceptors (Lipinski definition) is 6. The number of ether oxygens (including phenoxy) is 2. The Morgan fingerprint density at radius 3 is 2.33 bits per heavy atom. The minimum Gasteiger partial charge on any atom is -0.507 e. The fraction of sp³-hybridized carbons (Fsp3) is 0.385. The first kappa shape index (κ1) is 23.0. The van der Waals surface area contributed by atoms with Gasteiger partial charge in [0.25, 0.3) is 11.7 Å². The number of Topliss-reactive ketones (excluding diaryl/α,β-unsaturated/α-hetero) is 1. The number of aliphatic hydroxyl groups excluding tert-OH is 1. The van der Waals surface area contributed by atoms with Crippen molar-refractivity contribution < 1.29 is 24.2 Å². The van der Waals surface area contributed by atoms with Gasteiger partial charge in [-0.2, -0.15) is 0 Å². The molecule has 2 aliphatic heterocycles. The van der Waals surface area contributed by atoms with Crippen LogP contribution in [0.25, 0.3) is 5.76 Å². The van der Waals surface area contributed by atoms with Gasteiger partial charge in [0, 0.05) is 31.7 Å². The summed E-state index contributed by atoms with van der Waals surface area (Å²) in [5.74, 6) is -0.747. The van der Waals surface area contributed by atoms with Crippen molar-refractivity contribution >= 4 is 17.4 Å². The van der Waals surface area contributed by atoms with Crippen molar-refractivity contribution in [3.05, 3.63) is 71.3 Å². The summed E-state index contributed by atoms with van der Waals surface area (Å²) in [5, 5.41) is 11.2. The highest BCUT2D eigenvalue weighted by Crippen LogP contribution is 2.39. The van der Waals surface area contributed by atoms with Crippen molar-refractivity contribution in [2.24, 2.45) is 0 Å². The topological polar surface area (TPSA) is 79.3 Å². The molecule has 2 aromatic rings. The molecule has 0 saturated carbocycles. The summed E-state index contributed by atoms with van der Waals surface area (Å²) < 4.78 is 11.1.